The molecule has 0 saturated carbocycles. The highest BCUT2D eigenvalue weighted by molar-refractivity contribution is 5.94. The lowest BCUT2D eigenvalue weighted by Gasteiger charge is -2.09. The maximum atomic E-state index is 13.8. The fourth-order valence-corrected chi connectivity index (χ4v) is 1.36. The number of aromatic nitrogens is 3. The molecular weight excluding hydrogens is 237 g/mol. The summed E-state index contributed by atoms with van der Waals surface area (Å²) in [6.45, 7) is 1.55. The number of nitrogens with one attached hydrogen (secondary N) is 1. The number of hydrogen-bond donors (Lipinski definition) is 2. The van der Waals surface area contributed by atoms with Gasteiger partial charge < -0.3 is 11.1 Å². The van der Waals surface area contributed by atoms with Crippen LogP contribution in [0.15, 0.2) is 30.9 Å². The van der Waals surface area contributed by atoms with Crippen molar-refractivity contribution < 1.29 is 9.18 Å². The Balaban J connectivity index is 2.23. The van der Waals surface area contributed by atoms with Gasteiger partial charge in [-0.2, -0.15) is 5.10 Å². The molecule has 0 aliphatic carbocycles. The van der Waals surface area contributed by atoms with Crippen molar-refractivity contribution in [3.05, 3.63) is 36.7 Å². The van der Waals surface area contributed by atoms with Crippen LogP contribution >= 0.6 is 0 Å². The highest BCUT2D eigenvalue weighted by atomic mass is 19.1. The molecule has 18 heavy (non-hydrogen) atoms. The van der Waals surface area contributed by atoms with E-state index in [1.807, 2.05) is 0 Å². The monoisotopic (exact) mass is 249 g/mol. The lowest BCUT2D eigenvalue weighted by molar-refractivity contribution is -0.117. The molecule has 0 saturated heterocycles. The summed E-state index contributed by atoms with van der Waals surface area (Å²) in [6, 6.07) is 3.63. The number of halogens is 1. The molecule has 1 atom stereocenters. The van der Waals surface area contributed by atoms with E-state index in [4.69, 9.17) is 5.73 Å². The summed E-state index contributed by atoms with van der Waals surface area (Å²) in [7, 11) is 0. The predicted octanol–water partition coefficient (Wildman–Crippen LogP) is 0.692. The number of carbonyl (C=O) groups excluding carboxylic acids is 1. The van der Waals surface area contributed by atoms with E-state index < -0.39 is 11.9 Å². The lowest BCUT2D eigenvalue weighted by Crippen LogP contribution is -2.32. The van der Waals surface area contributed by atoms with Crippen LogP contribution < -0.4 is 11.1 Å². The van der Waals surface area contributed by atoms with Gasteiger partial charge in [-0.1, -0.05) is 0 Å². The molecule has 6 nitrogen and oxygen atoms in total. The Morgan fingerprint density at radius 2 is 2.33 bits per heavy atom. The average molecular weight is 249 g/mol. The standard InChI is InChI=1S/C11H12FN5O/c1-7(13)11(18)16-8-2-3-10(9(12)4-8)17-6-14-5-15-17/h2-7H,13H2,1H3,(H,16,18). The molecule has 0 aliphatic heterocycles. The fraction of sp³-hybridized carbons (Fsp3) is 0.182. The molecule has 0 bridgehead atoms. The van der Waals surface area contributed by atoms with Crippen molar-refractivity contribution in [2.24, 2.45) is 5.73 Å². The molecule has 1 amide bonds. The molecule has 7 heteroatoms. The van der Waals surface area contributed by atoms with Gasteiger partial charge in [-0.05, 0) is 25.1 Å². The highest BCUT2D eigenvalue weighted by Gasteiger charge is 2.10. The highest BCUT2D eigenvalue weighted by Crippen LogP contribution is 2.17. The van der Waals surface area contributed by atoms with E-state index in [1.165, 1.54) is 29.5 Å². The summed E-state index contributed by atoms with van der Waals surface area (Å²) in [6.07, 6.45) is 2.70. The SMILES string of the molecule is CC(N)C(=O)Nc1ccc(-n2cncn2)c(F)c1. The Kier molecular flexibility index (Phi) is 3.33. The molecular formula is C11H12FN5O. The zero-order valence-electron chi connectivity index (χ0n) is 9.67. The van der Waals surface area contributed by atoms with E-state index in [-0.39, 0.29) is 11.6 Å². The molecule has 1 aromatic carbocycles. The van der Waals surface area contributed by atoms with Gasteiger partial charge in [-0.15, -0.1) is 0 Å². The minimum Gasteiger partial charge on any atom is -0.325 e. The van der Waals surface area contributed by atoms with E-state index in [9.17, 15) is 9.18 Å². The number of amides is 1. The van der Waals surface area contributed by atoms with E-state index in [0.29, 0.717) is 5.69 Å². The van der Waals surface area contributed by atoms with Gasteiger partial charge in [0.05, 0.1) is 6.04 Å². The van der Waals surface area contributed by atoms with Gasteiger partial charge >= 0.3 is 0 Å². The molecule has 94 valence electrons. The molecule has 0 fully saturated rings. The third kappa shape index (κ3) is 2.51. The van der Waals surface area contributed by atoms with Gasteiger partial charge in [-0.3, -0.25) is 4.79 Å². The van der Waals surface area contributed by atoms with Crippen molar-refractivity contribution in [1.29, 1.82) is 0 Å². The van der Waals surface area contributed by atoms with Crippen LogP contribution in [0.4, 0.5) is 10.1 Å². The van der Waals surface area contributed by atoms with Crippen LogP contribution in [-0.2, 0) is 4.79 Å². The van der Waals surface area contributed by atoms with Crippen molar-refractivity contribution in [3.63, 3.8) is 0 Å². The van der Waals surface area contributed by atoms with Crippen molar-refractivity contribution >= 4 is 11.6 Å². The molecule has 3 N–H and O–H groups in total. The maximum absolute atomic E-state index is 13.8. The average Bonchev–Trinajstić information content (AvgIpc) is 2.82. The van der Waals surface area contributed by atoms with E-state index >= 15 is 0 Å². The maximum Gasteiger partial charge on any atom is 0.241 e. The normalized spacial score (nSPS) is 12.2. The van der Waals surface area contributed by atoms with Crippen LogP contribution in [0.3, 0.4) is 0 Å². The van der Waals surface area contributed by atoms with Crippen LogP contribution in [0.5, 0.6) is 0 Å². The van der Waals surface area contributed by atoms with Crippen LogP contribution in [-0.4, -0.2) is 26.7 Å². The molecule has 0 spiro atoms. The number of anilines is 1. The van der Waals surface area contributed by atoms with Gasteiger partial charge in [0.25, 0.3) is 0 Å². The topological polar surface area (TPSA) is 85.8 Å². The van der Waals surface area contributed by atoms with Crippen LogP contribution in [0, 0.1) is 5.82 Å². The molecule has 2 aromatic rings. The molecule has 0 radical (unpaired) electrons. The summed E-state index contributed by atoms with van der Waals surface area (Å²) in [5, 5.41) is 6.33. The van der Waals surface area contributed by atoms with E-state index in [2.05, 4.69) is 15.4 Å². The molecule has 0 aliphatic rings. The summed E-state index contributed by atoms with van der Waals surface area (Å²) in [4.78, 5) is 15.1. The molecule has 1 aromatic heterocycles. The number of carbonyl (C=O) groups is 1. The third-order valence-electron chi connectivity index (χ3n) is 2.29. The molecule has 1 heterocycles. The second kappa shape index (κ2) is 4.92. The number of rotatable bonds is 3. The quantitative estimate of drug-likeness (QED) is 0.838. The number of hydrogen-bond acceptors (Lipinski definition) is 4. The summed E-state index contributed by atoms with van der Waals surface area (Å²) in [5.74, 6) is -0.883. The largest absolute Gasteiger partial charge is 0.325 e. The second-order valence-corrected chi connectivity index (χ2v) is 3.78. The first kappa shape index (κ1) is 12.2. The fourth-order valence-electron chi connectivity index (χ4n) is 1.36. The van der Waals surface area contributed by atoms with Crippen molar-refractivity contribution in [3.8, 4) is 5.69 Å². The zero-order chi connectivity index (χ0) is 13.1. The Labute approximate surface area is 103 Å². The number of nitrogens with two attached hydrogens (primary N) is 1. The first-order valence-electron chi connectivity index (χ1n) is 5.29. The Hall–Kier alpha value is -2.28. The van der Waals surface area contributed by atoms with Crippen molar-refractivity contribution in [1.82, 2.24) is 14.8 Å². The third-order valence-corrected chi connectivity index (χ3v) is 2.29. The zero-order valence-corrected chi connectivity index (χ0v) is 9.67. The van der Waals surface area contributed by atoms with Gasteiger partial charge in [-0.25, -0.2) is 14.1 Å². The van der Waals surface area contributed by atoms with Gasteiger partial charge in [0.2, 0.25) is 5.91 Å². The Morgan fingerprint density at radius 1 is 1.56 bits per heavy atom. The first-order valence-corrected chi connectivity index (χ1v) is 5.29. The predicted molar refractivity (Wildman–Crippen MR) is 63.6 cm³/mol. The summed E-state index contributed by atoms with van der Waals surface area (Å²) < 4.78 is 15.1. The second-order valence-electron chi connectivity index (χ2n) is 3.78. The number of benzene rings is 1. The minimum absolute atomic E-state index is 0.256. The van der Waals surface area contributed by atoms with Gasteiger partial charge in [0.1, 0.15) is 18.3 Å². The van der Waals surface area contributed by atoms with Crippen LogP contribution in [0.25, 0.3) is 5.69 Å². The lowest BCUT2D eigenvalue weighted by atomic mass is 10.2. The molecule has 1 unspecified atom stereocenters. The van der Waals surface area contributed by atoms with E-state index in [1.54, 1.807) is 13.0 Å². The first-order chi connectivity index (χ1) is 8.58. The minimum atomic E-state index is -0.650. The van der Waals surface area contributed by atoms with Crippen molar-refractivity contribution in [2.75, 3.05) is 5.32 Å². The van der Waals surface area contributed by atoms with E-state index in [0.717, 1.165) is 0 Å². The molecule has 2 rings (SSSR count). The smallest absolute Gasteiger partial charge is 0.241 e. The Morgan fingerprint density at radius 3 is 2.89 bits per heavy atom. The van der Waals surface area contributed by atoms with Gasteiger partial charge in [0, 0.05) is 5.69 Å². The van der Waals surface area contributed by atoms with Crippen LogP contribution in [0.1, 0.15) is 6.92 Å². The van der Waals surface area contributed by atoms with Gasteiger partial charge in [0.15, 0.2) is 5.82 Å². The summed E-state index contributed by atoms with van der Waals surface area (Å²) in [5.41, 5.74) is 6.00. The van der Waals surface area contributed by atoms with Crippen molar-refractivity contribution in [2.45, 2.75) is 13.0 Å². The Bertz CT molecular complexity index is 553. The summed E-state index contributed by atoms with van der Waals surface area (Å²) >= 11 is 0. The number of nitrogens with zero attached hydrogens (tertiary/aromatic N) is 3. The van der Waals surface area contributed by atoms with Crippen LogP contribution in [0.2, 0.25) is 0 Å².